The van der Waals surface area contributed by atoms with Crippen LogP contribution < -0.4 is 10.5 Å². The van der Waals surface area contributed by atoms with E-state index in [0.717, 1.165) is 5.56 Å². The number of hydrogen-bond acceptors (Lipinski definition) is 2. The molecule has 0 radical (unpaired) electrons. The molecule has 2 aromatic carbocycles. The summed E-state index contributed by atoms with van der Waals surface area (Å²) in [5.41, 5.74) is 8.48. The molecule has 3 nitrogen and oxygen atoms in total. The van der Waals surface area contributed by atoms with Gasteiger partial charge in [-0.25, -0.2) is 0 Å². The van der Waals surface area contributed by atoms with Crippen molar-refractivity contribution in [2.24, 2.45) is 5.73 Å². The number of amides is 1. The Balaban J connectivity index is 2.17. The van der Waals surface area contributed by atoms with E-state index in [1.165, 1.54) is 17.7 Å². The van der Waals surface area contributed by atoms with E-state index < -0.39 is 18.4 Å². The molecule has 25 heavy (non-hydrogen) atoms. The highest BCUT2D eigenvalue weighted by molar-refractivity contribution is 5.82. The van der Waals surface area contributed by atoms with Crippen molar-refractivity contribution in [3.63, 3.8) is 0 Å². The van der Waals surface area contributed by atoms with Crippen molar-refractivity contribution >= 4 is 5.91 Å². The molecule has 0 spiro atoms. The molecule has 0 aliphatic rings. The van der Waals surface area contributed by atoms with Gasteiger partial charge in [0.15, 0.2) is 0 Å². The topological polar surface area (TPSA) is 52.3 Å². The van der Waals surface area contributed by atoms with Gasteiger partial charge in [0.25, 0.3) is 0 Å². The third kappa shape index (κ3) is 5.28. The molecule has 0 aliphatic heterocycles. The van der Waals surface area contributed by atoms with E-state index in [1.54, 1.807) is 12.1 Å². The summed E-state index contributed by atoms with van der Waals surface area (Å²) in [4.78, 5) is 11.9. The van der Waals surface area contributed by atoms with Crippen LogP contribution in [0.2, 0.25) is 0 Å². The molecule has 1 amide bonds. The molecule has 0 saturated carbocycles. The van der Waals surface area contributed by atoms with Crippen molar-refractivity contribution in [2.45, 2.75) is 45.1 Å². The maximum atomic E-state index is 12.2. The van der Waals surface area contributed by atoms with Gasteiger partial charge in [-0.15, -0.1) is 0 Å². The molecule has 1 atom stereocenters. The quantitative estimate of drug-likeness (QED) is 0.842. The van der Waals surface area contributed by atoms with Gasteiger partial charge in [0.2, 0.25) is 5.91 Å². The Labute approximate surface area is 146 Å². The monoisotopic (exact) mass is 347 g/mol. The lowest BCUT2D eigenvalue weighted by molar-refractivity contribution is -0.119. The predicted molar refractivity (Wildman–Crippen MR) is 93.9 cm³/mol. The molecule has 2 aromatic rings. The minimum Gasteiger partial charge on any atom is -0.435 e. The van der Waals surface area contributed by atoms with Gasteiger partial charge < -0.3 is 10.5 Å². The predicted octanol–water partition coefficient (Wildman–Crippen LogP) is 4.40. The van der Waals surface area contributed by atoms with E-state index >= 15 is 0 Å². The van der Waals surface area contributed by atoms with Crippen LogP contribution in [0.5, 0.6) is 5.75 Å². The Hall–Kier alpha value is -2.43. The van der Waals surface area contributed by atoms with Gasteiger partial charge in [-0.3, -0.25) is 4.79 Å². The Morgan fingerprint density at radius 1 is 1.04 bits per heavy atom. The number of primary amides is 1. The normalized spacial score (nSPS) is 12.9. The van der Waals surface area contributed by atoms with Crippen LogP contribution in [0, 0.1) is 0 Å². The standard InChI is InChI=1S/C20H23F2NO2/c1-20(2,3)15-8-4-13(5-9-15)12-17(18(23)24)14-6-10-16(11-7-14)25-19(21)22/h4-11,17,19H,12H2,1-3H3,(H2,23,24). The second kappa shape index (κ2) is 7.64. The summed E-state index contributed by atoms with van der Waals surface area (Å²) in [7, 11) is 0. The molecule has 2 N–H and O–H groups in total. The number of carbonyl (C=O) groups is 1. The van der Waals surface area contributed by atoms with Crippen LogP contribution in [-0.4, -0.2) is 12.5 Å². The van der Waals surface area contributed by atoms with Crippen LogP contribution in [0.25, 0.3) is 0 Å². The third-order valence-electron chi connectivity index (χ3n) is 4.11. The second-order valence-corrected chi connectivity index (χ2v) is 7.05. The Kier molecular flexibility index (Phi) is 5.77. The van der Waals surface area contributed by atoms with Crippen molar-refractivity contribution in [2.75, 3.05) is 0 Å². The number of carbonyl (C=O) groups excluding carboxylic acids is 1. The van der Waals surface area contributed by atoms with Gasteiger partial charge in [-0.1, -0.05) is 57.2 Å². The Morgan fingerprint density at radius 2 is 1.60 bits per heavy atom. The van der Waals surface area contributed by atoms with Crippen LogP contribution in [-0.2, 0) is 16.6 Å². The molecule has 0 aliphatic carbocycles. The lowest BCUT2D eigenvalue weighted by Gasteiger charge is -2.20. The van der Waals surface area contributed by atoms with Gasteiger partial charge in [-0.05, 0) is 40.7 Å². The van der Waals surface area contributed by atoms with Crippen LogP contribution in [0.15, 0.2) is 48.5 Å². The van der Waals surface area contributed by atoms with Crippen molar-refractivity contribution in [3.8, 4) is 5.75 Å². The molecule has 0 heterocycles. The minimum atomic E-state index is -2.88. The summed E-state index contributed by atoms with van der Waals surface area (Å²) >= 11 is 0. The maximum absolute atomic E-state index is 12.2. The van der Waals surface area contributed by atoms with Crippen molar-refractivity contribution in [1.29, 1.82) is 0 Å². The number of ether oxygens (including phenoxy) is 1. The third-order valence-corrected chi connectivity index (χ3v) is 4.11. The van der Waals surface area contributed by atoms with E-state index in [-0.39, 0.29) is 11.2 Å². The summed E-state index contributed by atoms with van der Waals surface area (Å²) in [5, 5.41) is 0. The van der Waals surface area contributed by atoms with Gasteiger partial charge >= 0.3 is 6.61 Å². The highest BCUT2D eigenvalue weighted by Crippen LogP contribution is 2.26. The van der Waals surface area contributed by atoms with E-state index in [9.17, 15) is 13.6 Å². The summed E-state index contributed by atoms with van der Waals surface area (Å²) < 4.78 is 28.8. The zero-order valence-corrected chi connectivity index (χ0v) is 14.6. The molecular weight excluding hydrogens is 324 g/mol. The average molecular weight is 347 g/mol. The fourth-order valence-electron chi connectivity index (χ4n) is 2.64. The molecule has 1 unspecified atom stereocenters. The fourth-order valence-corrected chi connectivity index (χ4v) is 2.64. The summed E-state index contributed by atoms with van der Waals surface area (Å²) in [6.45, 7) is 3.53. The van der Waals surface area contributed by atoms with Crippen molar-refractivity contribution in [1.82, 2.24) is 0 Å². The first-order valence-corrected chi connectivity index (χ1v) is 8.10. The van der Waals surface area contributed by atoms with E-state index in [1.807, 2.05) is 24.3 Å². The van der Waals surface area contributed by atoms with Crippen LogP contribution >= 0.6 is 0 Å². The molecule has 134 valence electrons. The first-order chi connectivity index (χ1) is 11.7. The van der Waals surface area contributed by atoms with Crippen molar-refractivity contribution in [3.05, 3.63) is 65.2 Å². The van der Waals surface area contributed by atoms with Gasteiger partial charge in [0.05, 0.1) is 5.92 Å². The zero-order chi connectivity index (χ0) is 18.6. The minimum absolute atomic E-state index is 0.0523. The second-order valence-electron chi connectivity index (χ2n) is 7.05. The average Bonchev–Trinajstić information content (AvgIpc) is 2.52. The smallest absolute Gasteiger partial charge is 0.387 e. The van der Waals surface area contributed by atoms with Crippen molar-refractivity contribution < 1.29 is 18.3 Å². The Morgan fingerprint density at radius 3 is 2.04 bits per heavy atom. The number of rotatable bonds is 6. The zero-order valence-electron chi connectivity index (χ0n) is 14.6. The van der Waals surface area contributed by atoms with E-state index in [2.05, 4.69) is 25.5 Å². The number of benzene rings is 2. The molecule has 0 fully saturated rings. The molecular formula is C20H23F2NO2. The summed E-state index contributed by atoms with van der Waals surface area (Å²) in [5.74, 6) is -0.931. The van der Waals surface area contributed by atoms with E-state index in [4.69, 9.17) is 5.73 Å². The molecule has 2 rings (SSSR count). The van der Waals surface area contributed by atoms with Crippen LogP contribution in [0.4, 0.5) is 8.78 Å². The van der Waals surface area contributed by atoms with Gasteiger partial charge in [-0.2, -0.15) is 8.78 Å². The SMILES string of the molecule is CC(C)(C)c1ccc(CC(C(N)=O)c2ccc(OC(F)F)cc2)cc1. The number of hydrogen-bond donors (Lipinski definition) is 1. The van der Waals surface area contributed by atoms with Crippen LogP contribution in [0.3, 0.4) is 0 Å². The number of alkyl halides is 2. The summed E-state index contributed by atoms with van der Waals surface area (Å²) in [6.07, 6.45) is 0.453. The fraction of sp³-hybridized carbons (Fsp3) is 0.350. The lowest BCUT2D eigenvalue weighted by Crippen LogP contribution is -2.23. The molecule has 0 bridgehead atoms. The maximum Gasteiger partial charge on any atom is 0.387 e. The highest BCUT2D eigenvalue weighted by Gasteiger charge is 2.20. The summed E-state index contributed by atoms with van der Waals surface area (Å²) in [6, 6.07) is 14.1. The van der Waals surface area contributed by atoms with E-state index in [0.29, 0.717) is 12.0 Å². The lowest BCUT2D eigenvalue weighted by atomic mass is 9.85. The Bertz CT molecular complexity index is 704. The molecule has 0 saturated heterocycles. The highest BCUT2D eigenvalue weighted by atomic mass is 19.3. The number of halogens is 2. The molecule has 0 aromatic heterocycles. The molecule has 5 heteroatoms. The number of nitrogens with two attached hydrogens (primary N) is 1. The van der Waals surface area contributed by atoms with Gasteiger partial charge in [0, 0.05) is 0 Å². The first kappa shape index (κ1) is 18.9. The first-order valence-electron chi connectivity index (χ1n) is 8.10. The van der Waals surface area contributed by atoms with Gasteiger partial charge in [0.1, 0.15) is 5.75 Å². The van der Waals surface area contributed by atoms with Crippen LogP contribution in [0.1, 0.15) is 43.4 Å². The largest absolute Gasteiger partial charge is 0.435 e.